The summed E-state index contributed by atoms with van der Waals surface area (Å²) >= 11 is 0. The molecule has 0 bridgehead atoms. The maximum atomic E-state index is 12.0. The summed E-state index contributed by atoms with van der Waals surface area (Å²) in [6.07, 6.45) is -0.0502. The van der Waals surface area contributed by atoms with Crippen LogP contribution in [0.1, 0.15) is 29.5 Å². The number of carboxylic acids is 1. The van der Waals surface area contributed by atoms with Crippen LogP contribution in [-0.2, 0) is 11.8 Å². The molecule has 1 heterocycles. The largest absolute Gasteiger partial charge is 0.481 e. The predicted octanol–water partition coefficient (Wildman–Crippen LogP) is 0.665. The van der Waals surface area contributed by atoms with E-state index in [1.807, 2.05) is 13.8 Å². The molecule has 17 heavy (non-hydrogen) atoms. The molecule has 6 heteroatoms. The zero-order chi connectivity index (χ0) is 13.0. The lowest BCUT2D eigenvalue weighted by molar-refractivity contribution is -0.137. The molecule has 0 fully saturated rings. The van der Waals surface area contributed by atoms with Gasteiger partial charge in [-0.3, -0.25) is 14.3 Å². The van der Waals surface area contributed by atoms with Crippen LogP contribution in [0.25, 0.3) is 0 Å². The van der Waals surface area contributed by atoms with Gasteiger partial charge in [-0.25, -0.2) is 0 Å². The maximum absolute atomic E-state index is 12.0. The van der Waals surface area contributed by atoms with E-state index in [4.69, 9.17) is 5.11 Å². The van der Waals surface area contributed by atoms with Crippen molar-refractivity contribution in [1.29, 1.82) is 0 Å². The Hall–Kier alpha value is -1.85. The first-order valence-electron chi connectivity index (χ1n) is 5.47. The van der Waals surface area contributed by atoms with Crippen LogP contribution in [-0.4, -0.2) is 44.8 Å². The number of carbonyl (C=O) groups excluding carboxylic acids is 1. The molecule has 0 unspecified atom stereocenters. The van der Waals surface area contributed by atoms with E-state index in [0.29, 0.717) is 12.2 Å². The first kappa shape index (κ1) is 13.2. The van der Waals surface area contributed by atoms with E-state index >= 15 is 0 Å². The molecule has 0 saturated carbocycles. The van der Waals surface area contributed by atoms with E-state index in [0.717, 1.165) is 5.69 Å². The van der Waals surface area contributed by atoms with Crippen LogP contribution >= 0.6 is 0 Å². The number of aromatic nitrogens is 2. The number of carboxylic acid groups (broad SMARTS) is 1. The van der Waals surface area contributed by atoms with Gasteiger partial charge in [-0.05, 0) is 19.9 Å². The van der Waals surface area contributed by atoms with Crippen LogP contribution < -0.4 is 0 Å². The second-order valence-corrected chi connectivity index (χ2v) is 3.82. The number of aryl methyl sites for hydroxylation is 2. The quantitative estimate of drug-likeness (QED) is 0.819. The summed E-state index contributed by atoms with van der Waals surface area (Å²) in [5, 5.41) is 12.7. The Morgan fingerprint density at radius 1 is 1.53 bits per heavy atom. The topological polar surface area (TPSA) is 75.4 Å². The molecule has 6 nitrogen and oxygen atoms in total. The minimum Gasteiger partial charge on any atom is -0.481 e. The maximum Gasteiger partial charge on any atom is 0.305 e. The molecule has 0 radical (unpaired) electrons. The third-order valence-electron chi connectivity index (χ3n) is 2.60. The van der Waals surface area contributed by atoms with Crippen molar-refractivity contribution < 1.29 is 14.7 Å². The standard InChI is InChI=1S/C11H17N3O3/c1-4-14(6-5-10(15)16)11(17)9-7-8(2)13(3)12-9/h7H,4-6H2,1-3H3,(H,15,16). The zero-order valence-electron chi connectivity index (χ0n) is 10.3. The minimum atomic E-state index is -0.909. The van der Waals surface area contributed by atoms with Crippen molar-refractivity contribution in [3.8, 4) is 0 Å². The second-order valence-electron chi connectivity index (χ2n) is 3.82. The van der Waals surface area contributed by atoms with Crippen molar-refractivity contribution in [3.05, 3.63) is 17.5 Å². The van der Waals surface area contributed by atoms with Gasteiger partial charge in [0.05, 0.1) is 6.42 Å². The van der Waals surface area contributed by atoms with Gasteiger partial charge in [0.25, 0.3) is 5.91 Å². The lowest BCUT2D eigenvalue weighted by atomic mass is 10.3. The normalized spacial score (nSPS) is 10.3. The molecule has 1 N–H and O–H groups in total. The average molecular weight is 239 g/mol. The molecule has 0 aromatic carbocycles. The number of amides is 1. The van der Waals surface area contributed by atoms with Crippen LogP contribution in [0.5, 0.6) is 0 Å². The van der Waals surface area contributed by atoms with E-state index in [2.05, 4.69) is 5.10 Å². The van der Waals surface area contributed by atoms with Gasteiger partial charge < -0.3 is 10.0 Å². The summed E-state index contributed by atoms with van der Waals surface area (Å²) in [5.74, 6) is -1.13. The first-order chi connectivity index (χ1) is 7.95. The van der Waals surface area contributed by atoms with E-state index in [1.165, 1.54) is 4.90 Å². The number of aliphatic carboxylic acids is 1. The second kappa shape index (κ2) is 5.47. The molecular weight excluding hydrogens is 222 g/mol. The van der Waals surface area contributed by atoms with E-state index in [9.17, 15) is 9.59 Å². The highest BCUT2D eigenvalue weighted by Crippen LogP contribution is 2.06. The summed E-state index contributed by atoms with van der Waals surface area (Å²) in [6, 6.07) is 1.70. The van der Waals surface area contributed by atoms with Crippen LogP contribution in [0.2, 0.25) is 0 Å². The Morgan fingerprint density at radius 2 is 2.18 bits per heavy atom. The molecule has 1 amide bonds. The van der Waals surface area contributed by atoms with E-state index in [-0.39, 0.29) is 18.9 Å². The van der Waals surface area contributed by atoms with Crippen LogP contribution in [0.3, 0.4) is 0 Å². The number of hydrogen-bond donors (Lipinski definition) is 1. The van der Waals surface area contributed by atoms with Gasteiger partial charge in [-0.15, -0.1) is 0 Å². The third kappa shape index (κ3) is 3.30. The lowest BCUT2D eigenvalue weighted by Gasteiger charge is -2.18. The summed E-state index contributed by atoms with van der Waals surface area (Å²) in [7, 11) is 1.76. The summed E-state index contributed by atoms with van der Waals surface area (Å²) in [5.41, 5.74) is 1.25. The number of hydrogen-bond acceptors (Lipinski definition) is 3. The Morgan fingerprint density at radius 3 is 2.59 bits per heavy atom. The summed E-state index contributed by atoms with van der Waals surface area (Å²) in [6.45, 7) is 4.36. The highest BCUT2D eigenvalue weighted by Gasteiger charge is 2.18. The smallest absolute Gasteiger partial charge is 0.305 e. The van der Waals surface area contributed by atoms with Crippen LogP contribution in [0.15, 0.2) is 6.07 Å². The molecular formula is C11H17N3O3. The van der Waals surface area contributed by atoms with Gasteiger partial charge in [0.1, 0.15) is 0 Å². The fourth-order valence-electron chi connectivity index (χ4n) is 1.46. The molecule has 1 aromatic heterocycles. The summed E-state index contributed by atoms with van der Waals surface area (Å²) < 4.78 is 1.62. The first-order valence-corrected chi connectivity index (χ1v) is 5.47. The van der Waals surface area contributed by atoms with Crippen molar-refractivity contribution in [1.82, 2.24) is 14.7 Å². The van der Waals surface area contributed by atoms with E-state index < -0.39 is 5.97 Å². The van der Waals surface area contributed by atoms with Crippen molar-refractivity contribution >= 4 is 11.9 Å². The molecule has 0 aliphatic heterocycles. The number of carbonyl (C=O) groups is 2. The Labute approximate surface area is 99.8 Å². The van der Waals surface area contributed by atoms with Crippen molar-refractivity contribution in [3.63, 3.8) is 0 Å². The Kier molecular flexibility index (Phi) is 4.25. The van der Waals surface area contributed by atoms with E-state index in [1.54, 1.807) is 17.8 Å². The molecule has 0 saturated heterocycles. The van der Waals surface area contributed by atoms with Gasteiger partial charge in [0.2, 0.25) is 0 Å². The van der Waals surface area contributed by atoms with Gasteiger partial charge in [-0.1, -0.05) is 0 Å². The van der Waals surface area contributed by atoms with Crippen LogP contribution in [0, 0.1) is 6.92 Å². The zero-order valence-corrected chi connectivity index (χ0v) is 10.3. The fourth-order valence-corrected chi connectivity index (χ4v) is 1.46. The highest BCUT2D eigenvalue weighted by atomic mass is 16.4. The fraction of sp³-hybridized carbons (Fsp3) is 0.545. The molecule has 94 valence electrons. The van der Waals surface area contributed by atoms with Crippen LogP contribution in [0.4, 0.5) is 0 Å². The monoisotopic (exact) mass is 239 g/mol. The van der Waals surface area contributed by atoms with Crippen molar-refractivity contribution in [2.75, 3.05) is 13.1 Å². The number of nitrogens with zero attached hydrogens (tertiary/aromatic N) is 3. The molecule has 0 aliphatic carbocycles. The van der Waals surface area contributed by atoms with Gasteiger partial charge >= 0.3 is 5.97 Å². The molecule has 0 aliphatic rings. The Balaban J connectivity index is 2.75. The highest BCUT2D eigenvalue weighted by molar-refractivity contribution is 5.92. The SMILES string of the molecule is CCN(CCC(=O)O)C(=O)c1cc(C)n(C)n1. The van der Waals surface area contributed by atoms with Crippen molar-refractivity contribution in [2.24, 2.45) is 7.05 Å². The minimum absolute atomic E-state index is 0.0502. The Bertz CT molecular complexity index is 406. The third-order valence-corrected chi connectivity index (χ3v) is 2.60. The molecule has 1 rings (SSSR count). The predicted molar refractivity (Wildman–Crippen MR) is 61.8 cm³/mol. The van der Waals surface area contributed by atoms with Gasteiger partial charge in [0.15, 0.2) is 5.69 Å². The molecule has 0 atom stereocenters. The van der Waals surface area contributed by atoms with Crippen molar-refractivity contribution in [2.45, 2.75) is 20.3 Å². The summed E-state index contributed by atoms with van der Waals surface area (Å²) in [4.78, 5) is 24.0. The lowest BCUT2D eigenvalue weighted by Crippen LogP contribution is -2.33. The van der Waals surface area contributed by atoms with Gasteiger partial charge in [0, 0.05) is 25.8 Å². The number of rotatable bonds is 5. The average Bonchev–Trinajstić information content (AvgIpc) is 2.59. The molecule has 0 spiro atoms. The molecule has 1 aromatic rings. The van der Waals surface area contributed by atoms with Gasteiger partial charge in [-0.2, -0.15) is 5.10 Å².